The summed E-state index contributed by atoms with van der Waals surface area (Å²) in [6.45, 7) is 3.38. The number of hydrogen-bond donors (Lipinski definition) is 0. The number of carbonyl (C=O) groups excluding carboxylic acids is 2. The molecule has 2 aliphatic heterocycles. The zero-order valence-corrected chi connectivity index (χ0v) is 17.3. The molecule has 1 fully saturated rings. The van der Waals surface area contributed by atoms with Crippen molar-refractivity contribution < 1.29 is 14.3 Å². The van der Waals surface area contributed by atoms with Gasteiger partial charge in [0.2, 0.25) is 0 Å². The number of likely N-dealkylation sites (tertiary alicyclic amines) is 1. The fourth-order valence-corrected chi connectivity index (χ4v) is 4.34. The van der Waals surface area contributed by atoms with E-state index in [4.69, 9.17) is 16.3 Å². The molecule has 150 valence electrons. The minimum Gasteiger partial charge on any atom is -0.496 e. The van der Waals surface area contributed by atoms with Crippen LogP contribution < -0.4 is 9.64 Å². The van der Waals surface area contributed by atoms with Crippen LogP contribution in [0.25, 0.3) is 5.57 Å². The summed E-state index contributed by atoms with van der Waals surface area (Å²) in [5.41, 5.74) is 2.85. The average Bonchev–Trinajstić information content (AvgIpc) is 2.99. The Morgan fingerprint density at radius 2 is 1.69 bits per heavy atom. The minimum atomic E-state index is -0.328. The Labute approximate surface area is 175 Å². The first-order valence-corrected chi connectivity index (χ1v) is 10.2. The topological polar surface area (TPSA) is 49.9 Å². The molecule has 0 unspecified atom stereocenters. The Kier molecular flexibility index (Phi) is 5.33. The van der Waals surface area contributed by atoms with E-state index in [1.165, 1.54) is 4.90 Å². The van der Waals surface area contributed by atoms with Crippen molar-refractivity contribution in [3.8, 4) is 5.75 Å². The predicted molar refractivity (Wildman–Crippen MR) is 114 cm³/mol. The number of nitrogens with zero attached hydrogens (tertiary/aromatic N) is 2. The first-order chi connectivity index (χ1) is 14.0. The van der Waals surface area contributed by atoms with Crippen molar-refractivity contribution in [2.75, 3.05) is 25.1 Å². The number of hydrogen-bond acceptors (Lipinski definition) is 4. The summed E-state index contributed by atoms with van der Waals surface area (Å²) < 4.78 is 5.51. The van der Waals surface area contributed by atoms with Crippen LogP contribution in [0.3, 0.4) is 0 Å². The van der Waals surface area contributed by atoms with Crippen LogP contribution in [0, 0.1) is 6.92 Å². The van der Waals surface area contributed by atoms with Crippen molar-refractivity contribution in [1.82, 2.24) is 4.90 Å². The zero-order chi connectivity index (χ0) is 20.5. The maximum atomic E-state index is 13.6. The predicted octanol–water partition coefficient (Wildman–Crippen LogP) is 4.43. The summed E-state index contributed by atoms with van der Waals surface area (Å²) in [5.74, 6) is -0.0402. The Morgan fingerprint density at radius 3 is 2.38 bits per heavy atom. The molecule has 0 aliphatic carbocycles. The molecule has 5 nitrogen and oxygen atoms in total. The van der Waals surface area contributed by atoms with E-state index in [1.54, 1.807) is 25.3 Å². The summed E-state index contributed by atoms with van der Waals surface area (Å²) in [7, 11) is 1.57. The van der Waals surface area contributed by atoms with Crippen LogP contribution in [0.5, 0.6) is 5.75 Å². The second-order valence-electron chi connectivity index (χ2n) is 7.35. The lowest BCUT2D eigenvalue weighted by atomic mass is 10.0. The number of imide groups is 1. The highest BCUT2D eigenvalue weighted by Gasteiger charge is 2.43. The molecule has 0 radical (unpaired) electrons. The highest BCUT2D eigenvalue weighted by molar-refractivity contribution is 6.46. The molecule has 2 heterocycles. The number of aryl methyl sites for hydroxylation is 1. The van der Waals surface area contributed by atoms with Gasteiger partial charge >= 0.3 is 0 Å². The van der Waals surface area contributed by atoms with Gasteiger partial charge in [0.05, 0.1) is 18.4 Å². The molecule has 1 saturated heterocycles. The summed E-state index contributed by atoms with van der Waals surface area (Å²) in [6.07, 6.45) is 3.14. The monoisotopic (exact) mass is 410 g/mol. The van der Waals surface area contributed by atoms with Crippen LogP contribution in [0.2, 0.25) is 5.02 Å². The molecule has 2 aliphatic rings. The fourth-order valence-electron chi connectivity index (χ4n) is 4.11. The SMILES string of the molecule is COc1ccccc1C1=C(N2CCCCC2)C(=O)N(c2ccc(Cl)cc2C)C1=O. The number of piperidine rings is 1. The van der Waals surface area contributed by atoms with Gasteiger partial charge in [0.15, 0.2) is 0 Å². The summed E-state index contributed by atoms with van der Waals surface area (Å²) >= 11 is 6.09. The van der Waals surface area contributed by atoms with Crippen LogP contribution in [0.1, 0.15) is 30.4 Å². The Hall–Kier alpha value is -2.79. The molecule has 6 heteroatoms. The normalized spacial score (nSPS) is 17.3. The van der Waals surface area contributed by atoms with Gasteiger partial charge in [0.1, 0.15) is 11.4 Å². The third-order valence-electron chi connectivity index (χ3n) is 5.51. The third kappa shape index (κ3) is 3.40. The van der Waals surface area contributed by atoms with Gasteiger partial charge in [0.25, 0.3) is 11.8 Å². The molecule has 0 atom stereocenters. The Morgan fingerprint density at radius 1 is 0.966 bits per heavy atom. The van der Waals surface area contributed by atoms with E-state index in [2.05, 4.69) is 4.90 Å². The lowest BCUT2D eigenvalue weighted by Gasteiger charge is -2.30. The minimum absolute atomic E-state index is 0.289. The quantitative estimate of drug-likeness (QED) is 0.700. The maximum absolute atomic E-state index is 13.6. The summed E-state index contributed by atoms with van der Waals surface area (Å²) in [6, 6.07) is 12.5. The van der Waals surface area contributed by atoms with Crippen LogP contribution in [-0.4, -0.2) is 36.9 Å². The zero-order valence-electron chi connectivity index (χ0n) is 16.6. The van der Waals surface area contributed by atoms with Gasteiger partial charge in [-0.15, -0.1) is 0 Å². The Bertz CT molecular complexity index is 1010. The third-order valence-corrected chi connectivity index (χ3v) is 5.74. The number of para-hydroxylation sites is 1. The van der Waals surface area contributed by atoms with E-state index in [0.717, 1.165) is 37.9 Å². The van der Waals surface area contributed by atoms with E-state index in [-0.39, 0.29) is 11.8 Å². The molecule has 0 saturated carbocycles. The lowest BCUT2D eigenvalue weighted by Crippen LogP contribution is -2.37. The maximum Gasteiger partial charge on any atom is 0.282 e. The number of ether oxygens (including phenoxy) is 1. The molecule has 0 aromatic heterocycles. The van der Waals surface area contributed by atoms with Gasteiger partial charge in [-0.2, -0.15) is 0 Å². The van der Waals surface area contributed by atoms with Crippen molar-refractivity contribution in [3.63, 3.8) is 0 Å². The molecule has 2 aromatic carbocycles. The van der Waals surface area contributed by atoms with Crippen molar-refractivity contribution in [2.45, 2.75) is 26.2 Å². The van der Waals surface area contributed by atoms with Gasteiger partial charge in [0, 0.05) is 23.7 Å². The van der Waals surface area contributed by atoms with Gasteiger partial charge in [-0.05, 0) is 56.0 Å². The molecule has 2 amide bonds. The van der Waals surface area contributed by atoms with Crippen LogP contribution in [0.15, 0.2) is 48.2 Å². The number of halogens is 1. The molecule has 4 rings (SSSR count). The van der Waals surface area contributed by atoms with Crippen molar-refractivity contribution in [1.29, 1.82) is 0 Å². The van der Waals surface area contributed by atoms with E-state index < -0.39 is 0 Å². The van der Waals surface area contributed by atoms with Crippen LogP contribution >= 0.6 is 11.6 Å². The van der Waals surface area contributed by atoms with E-state index in [9.17, 15) is 9.59 Å². The number of amides is 2. The van der Waals surface area contributed by atoms with E-state index in [0.29, 0.717) is 33.3 Å². The van der Waals surface area contributed by atoms with Gasteiger partial charge in [-0.3, -0.25) is 9.59 Å². The molecule has 0 spiro atoms. The van der Waals surface area contributed by atoms with E-state index >= 15 is 0 Å². The fraction of sp³-hybridized carbons (Fsp3) is 0.304. The Balaban J connectivity index is 1.88. The largest absolute Gasteiger partial charge is 0.496 e. The average molecular weight is 411 g/mol. The van der Waals surface area contributed by atoms with Gasteiger partial charge in [-0.1, -0.05) is 29.8 Å². The van der Waals surface area contributed by atoms with Gasteiger partial charge < -0.3 is 9.64 Å². The summed E-state index contributed by atoms with van der Waals surface area (Å²) in [4.78, 5) is 30.5. The summed E-state index contributed by atoms with van der Waals surface area (Å²) in [5, 5.41) is 0.569. The number of benzene rings is 2. The number of rotatable bonds is 4. The highest BCUT2D eigenvalue weighted by Crippen LogP contribution is 2.40. The van der Waals surface area contributed by atoms with Crippen molar-refractivity contribution in [2.24, 2.45) is 0 Å². The van der Waals surface area contributed by atoms with Crippen molar-refractivity contribution >= 4 is 34.7 Å². The smallest absolute Gasteiger partial charge is 0.282 e. The highest BCUT2D eigenvalue weighted by atomic mass is 35.5. The number of carbonyl (C=O) groups is 2. The van der Waals surface area contributed by atoms with Crippen LogP contribution in [0.4, 0.5) is 5.69 Å². The number of methoxy groups -OCH3 is 1. The first-order valence-electron chi connectivity index (χ1n) is 9.80. The molecular weight excluding hydrogens is 388 g/mol. The standard InChI is InChI=1S/C23H23ClN2O3/c1-15-14-16(24)10-11-18(15)26-22(27)20(17-8-4-5-9-19(17)29-2)21(23(26)28)25-12-6-3-7-13-25/h4-5,8-11,14H,3,6-7,12-13H2,1-2H3. The van der Waals surface area contributed by atoms with Gasteiger partial charge in [-0.25, -0.2) is 4.90 Å². The molecule has 2 aromatic rings. The molecule has 0 bridgehead atoms. The van der Waals surface area contributed by atoms with Crippen LogP contribution in [-0.2, 0) is 9.59 Å². The molecule has 29 heavy (non-hydrogen) atoms. The second-order valence-corrected chi connectivity index (χ2v) is 7.78. The lowest BCUT2D eigenvalue weighted by molar-refractivity contribution is -0.120. The second kappa shape index (κ2) is 7.91. The first kappa shape index (κ1) is 19.5. The number of anilines is 1. The molecule has 0 N–H and O–H groups in total. The van der Waals surface area contributed by atoms with E-state index in [1.807, 2.05) is 31.2 Å². The molecular formula is C23H23ClN2O3. The van der Waals surface area contributed by atoms with Crippen molar-refractivity contribution in [3.05, 3.63) is 64.3 Å².